The van der Waals surface area contributed by atoms with Crippen molar-refractivity contribution in [2.45, 2.75) is 43.4 Å². The number of H-pyrrole nitrogens is 1. The van der Waals surface area contributed by atoms with Crippen LogP contribution in [-0.2, 0) is 25.2 Å². The predicted molar refractivity (Wildman–Crippen MR) is 135 cm³/mol. The van der Waals surface area contributed by atoms with Gasteiger partial charge in [-0.3, -0.25) is 28.7 Å². The van der Waals surface area contributed by atoms with Crippen molar-refractivity contribution >= 4 is 46.3 Å². The largest absolute Gasteiger partial charge is 0.386 e. The lowest BCUT2D eigenvalue weighted by Crippen LogP contribution is -2.38. The molecule has 6 atom stereocenters. The summed E-state index contributed by atoms with van der Waals surface area (Å²) in [5.41, 5.74) is 5.56. The number of nitrogens with two attached hydrogens (primary N) is 1. The second-order valence-electron chi connectivity index (χ2n) is 8.78. The van der Waals surface area contributed by atoms with E-state index in [9.17, 15) is 19.3 Å². The van der Waals surface area contributed by atoms with Gasteiger partial charge in [0, 0.05) is 31.0 Å². The van der Waals surface area contributed by atoms with Gasteiger partial charge in [-0.05, 0) is 34.5 Å². The fourth-order valence-corrected chi connectivity index (χ4v) is 6.52. The van der Waals surface area contributed by atoms with Crippen LogP contribution in [0.2, 0.25) is 0 Å². The van der Waals surface area contributed by atoms with Gasteiger partial charge >= 0.3 is 0 Å². The van der Waals surface area contributed by atoms with Gasteiger partial charge in [-0.1, -0.05) is 13.0 Å². The van der Waals surface area contributed by atoms with Crippen LogP contribution in [0.4, 0.5) is 10.3 Å². The van der Waals surface area contributed by atoms with Crippen LogP contribution in [0, 0.1) is 5.92 Å². The summed E-state index contributed by atoms with van der Waals surface area (Å²) in [6.07, 6.45) is -0.379. The average Bonchev–Trinajstić information content (AvgIpc) is 3.35. The lowest BCUT2D eigenvalue weighted by molar-refractivity contribution is -0.119. The number of pyridine rings is 1. The third kappa shape index (κ3) is 5.81. The van der Waals surface area contributed by atoms with Crippen molar-refractivity contribution in [2.24, 2.45) is 5.92 Å². The second-order valence-corrected chi connectivity index (χ2v) is 12.3. The van der Waals surface area contributed by atoms with Crippen LogP contribution < -0.4 is 16.4 Å². The fraction of sp³-hybridized carbons (Fsp3) is 0.476. The Morgan fingerprint density at radius 3 is 2.97 bits per heavy atom. The third-order valence-electron chi connectivity index (χ3n) is 5.99. The molecular formula is C21H26BrFN7O6P. The summed E-state index contributed by atoms with van der Waals surface area (Å²) in [6.45, 7) is 2.67. The molecule has 0 aromatic carbocycles. The summed E-state index contributed by atoms with van der Waals surface area (Å²) in [5.74, 6) is -0.976. The van der Waals surface area contributed by atoms with E-state index in [1.165, 1.54) is 6.92 Å². The Labute approximate surface area is 218 Å². The topological polar surface area (TPSA) is 187 Å². The number of alkyl halides is 2. The number of nitrogens with one attached hydrogen (secondary N) is 2. The molecule has 200 valence electrons. The molecule has 3 aromatic rings. The number of aromatic amines is 1. The number of aromatic nitrogens is 5. The molecule has 3 aromatic heterocycles. The number of imidazole rings is 1. The van der Waals surface area contributed by atoms with Gasteiger partial charge < -0.3 is 20.1 Å². The Morgan fingerprint density at radius 2 is 2.30 bits per heavy atom. The van der Waals surface area contributed by atoms with Crippen molar-refractivity contribution in [3.63, 3.8) is 0 Å². The molecule has 0 saturated carbocycles. The van der Waals surface area contributed by atoms with E-state index in [1.807, 2.05) is 0 Å². The van der Waals surface area contributed by atoms with Crippen molar-refractivity contribution in [1.82, 2.24) is 29.6 Å². The molecule has 4 rings (SSSR count). The van der Waals surface area contributed by atoms with E-state index in [4.69, 9.17) is 15.0 Å². The smallest absolute Gasteiger partial charge is 0.280 e. The lowest BCUT2D eigenvalue weighted by atomic mass is 10.1. The van der Waals surface area contributed by atoms with Gasteiger partial charge in [0.2, 0.25) is 10.5 Å². The van der Waals surface area contributed by atoms with Crippen LogP contribution in [0.3, 0.4) is 0 Å². The van der Waals surface area contributed by atoms with Gasteiger partial charge in [0.1, 0.15) is 18.0 Å². The van der Waals surface area contributed by atoms with Gasteiger partial charge in [0.05, 0.1) is 12.9 Å². The molecule has 0 aliphatic carbocycles. The number of anilines is 1. The van der Waals surface area contributed by atoms with Gasteiger partial charge in [0.15, 0.2) is 17.4 Å². The van der Waals surface area contributed by atoms with E-state index in [0.29, 0.717) is 0 Å². The number of rotatable bonds is 10. The molecule has 1 aliphatic rings. The Balaban J connectivity index is 1.54. The van der Waals surface area contributed by atoms with Crippen LogP contribution in [0.5, 0.6) is 0 Å². The Morgan fingerprint density at radius 1 is 1.54 bits per heavy atom. The molecular weight excluding hydrogens is 576 g/mol. The standard InChI is InChI=1S/C21H26BrFN7O6P/c1-11(12(2)31)9-37(34,27-7-13-4-3-5-25-6-13)35-8-14-16(32)21(22,23)19(36-14)30-10-26-15-17(30)28-20(24)29-18(15)33/h3-6,10-11,14,16,19,32H,7-9H2,1-2H3,(H,27,34)(H3,24,28,29,33)/t11-,14-,16+,19-,21?,37?/m1/s1. The molecule has 13 nitrogen and oxygen atoms in total. The number of carbonyl (C=O) groups is 1. The first-order chi connectivity index (χ1) is 17.4. The minimum absolute atomic E-state index is 0.0550. The molecule has 0 radical (unpaired) electrons. The minimum Gasteiger partial charge on any atom is -0.386 e. The number of halogens is 2. The van der Waals surface area contributed by atoms with Crippen molar-refractivity contribution in [3.8, 4) is 0 Å². The summed E-state index contributed by atoms with van der Waals surface area (Å²) >= 11 is 2.87. The molecule has 2 unspecified atom stereocenters. The number of hydrogen-bond donors (Lipinski definition) is 4. The fourth-order valence-electron chi connectivity index (χ4n) is 3.78. The molecule has 0 spiro atoms. The van der Waals surface area contributed by atoms with Crippen LogP contribution in [0.25, 0.3) is 11.2 Å². The Hall–Kier alpha value is -2.55. The van der Waals surface area contributed by atoms with Crippen LogP contribution in [0.15, 0.2) is 35.6 Å². The normalized spacial score (nSPS) is 26.2. The maximum Gasteiger partial charge on any atom is 0.280 e. The van der Waals surface area contributed by atoms with Crippen molar-refractivity contribution in [3.05, 3.63) is 46.8 Å². The van der Waals surface area contributed by atoms with Gasteiger partial charge in [-0.25, -0.2) is 14.5 Å². The number of ether oxygens (including phenoxy) is 1. The summed E-state index contributed by atoms with van der Waals surface area (Å²) in [4.78, 5) is 38.2. The molecule has 1 saturated heterocycles. The van der Waals surface area contributed by atoms with E-state index in [2.05, 4.69) is 41.0 Å². The molecule has 1 fully saturated rings. The first-order valence-corrected chi connectivity index (χ1v) is 13.8. The maximum atomic E-state index is 15.7. The van der Waals surface area contributed by atoms with Crippen molar-refractivity contribution < 1.29 is 28.1 Å². The number of Topliss-reactive ketones (excluding diaryl/α,β-unsaturated/α-hetero) is 1. The zero-order valence-corrected chi connectivity index (χ0v) is 22.4. The first-order valence-electron chi connectivity index (χ1n) is 11.2. The van der Waals surface area contributed by atoms with E-state index in [1.54, 1.807) is 31.5 Å². The van der Waals surface area contributed by atoms with E-state index >= 15 is 4.39 Å². The number of hydrogen-bond acceptors (Lipinski definition) is 10. The van der Waals surface area contributed by atoms with E-state index in [-0.39, 0.29) is 35.6 Å². The quantitative estimate of drug-likeness (QED) is 0.195. The monoisotopic (exact) mass is 601 g/mol. The molecule has 0 bridgehead atoms. The number of ketones is 1. The van der Waals surface area contributed by atoms with E-state index < -0.39 is 48.6 Å². The highest BCUT2D eigenvalue weighted by Gasteiger charge is 2.57. The zero-order valence-electron chi connectivity index (χ0n) is 19.9. The zero-order chi connectivity index (χ0) is 27.0. The van der Waals surface area contributed by atoms with Crippen molar-refractivity contribution in [2.75, 3.05) is 18.5 Å². The van der Waals surface area contributed by atoms with Gasteiger partial charge in [-0.15, -0.1) is 0 Å². The number of fused-ring (bicyclic) bond motifs is 1. The van der Waals surface area contributed by atoms with Gasteiger partial charge in [0.25, 0.3) is 13.1 Å². The summed E-state index contributed by atoms with van der Waals surface area (Å²) in [7, 11) is -3.67. The summed E-state index contributed by atoms with van der Waals surface area (Å²) in [6, 6.07) is 3.49. The van der Waals surface area contributed by atoms with Crippen LogP contribution in [0.1, 0.15) is 25.6 Å². The highest BCUT2D eigenvalue weighted by atomic mass is 79.9. The average molecular weight is 602 g/mol. The highest BCUT2D eigenvalue weighted by Crippen LogP contribution is 2.50. The predicted octanol–water partition coefficient (Wildman–Crippen LogP) is 1.64. The second kappa shape index (κ2) is 10.7. The molecule has 4 heterocycles. The maximum absolute atomic E-state index is 15.7. The number of aliphatic hydroxyl groups is 1. The van der Waals surface area contributed by atoms with Crippen LogP contribution in [-0.4, -0.2) is 64.9 Å². The highest BCUT2D eigenvalue weighted by molar-refractivity contribution is 9.10. The number of nitrogen functional groups attached to an aromatic ring is 1. The lowest BCUT2D eigenvalue weighted by Gasteiger charge is -2.24. The third-order valence-corrected chi connectivity index (χ3v) is 9.08. The molecule has 16 heteroatoms. The molecule has 37 heavy (non-hydrogen) atoms. The Bertz CT molecular complexity index is 1390. The summed E-state index contributed by atoms with van der Waals surface area (Å²) in [5, 5.41) is 13.6. The van der Waals surface area contributed by atoms with Gasteiger partial charge in [-0.2, -0.15) is 4.98 Å². The molecule has 5 N–H and O–H groups in total. The number of nitrogens with zero attached hydrogens (tertiary/aromatic N) is 4. The first kappa shape index (κ1) is 27.5. The molecule has 0 amide bonds. The van der Waals surface area contributed by atoms with Crippen molar-refractivity contribution in [1.29, 1.82) is 0 Å². The molecule has 1 aliphatic heterocycles. The van der Waals surface area contributed by atoms with Crippen LogP contribution >= 0.6 is 23.4 Å². The summed E-state index contributed by atoms with van der Waals surface area (Å²) < 4.78 is 39.3. The Kier molecular flexibility index (Phi) is 7.93. The van der Waals surface area contributed by atoms with E-state index in [0.717, 1.165) is 16.5 Å². The minimum atomic E-state index is -3.67. The SMILES string of the molecule is CC(=O)[C@H](C)CP(=O)(NCc1cccnc1)OC[C@H]1O[C@@H](n2cnc3c(=O)[nH]c(N)nc32)C(F)(Br)[C@H]1O. The number of carbonyl (C=O) groups excluding carboxylic acids is 1. The number of aliphatic hydroxyl groups excluding tert-OH is 1.